The Morgan fingerprint density at radius 3 is 2.89 bits per heavy atom. The van der Waals surface area contributed by atoms with Crippen molar-refractivity contribution < 1.29 is 19.4 Å². The van der Waals surface area contributed by atoms with Crippen molar-refractivity contribution >= 4 is 28.3 Å². The molecule has 0 fully saturated rings. The summed E-state index contributed by atoms with van der Waals surface area (Å²) in [4.78, 5) is 26.7. The van der Waals surface area contributed by atoms with Crippen LogP contribution in [0.5, 0.6) is 0 Å². The SMILES string of the molecule is COCC(CCO)NC(=O)c1csc(NC(C)=O)n1. The quantitative estimate of drug-likeness (QED) is 0.666. The molecule has 0 aliphatic rings. The average molecular weight is 287 g/mol. The zero-order valence-corrected chi connectivity index (χ0v) is 11.6. The maximum atomic E-state index is 11.9. The molecule has 1 rings (SSSR count). The van der Waals surface area contributed by atoms with Gasteiger partial charge in [-0.3, -0.25) is 9.59 Å². The van der Waals surface area contributed by atoms with Crippen LogP contribution in [0.25, 0.3) is 0 Å². The number of nitrogens with one attached hydrogen (secondary N) is 2. The Balaban J connectivity index is 2.60. The van der Waals surface area contributed by atoms with Gasteiger partial charge >= 0.3 is 0 Å². The summed E-state index contributed by atoms with van der Waals surface area (Å²) in [6, 6.07) is -0.270. The van der Waals surface area contributed by atoms with Gasteiger partial charge in [0.2, 0.25) is 5.91 Å². The van der Waals surface area contributed by atoms with Crippen LogP contribution in [0.15, 0.2) is 5.38 Å². The molecule has 0 saturated carbocycles. The Morgan fingerprint density at radius 2 is 2.32 bits per heavy atom. The van der Waals surface area contributed by atoms with Gasteiger partial charge in [-0.25, -0.2) is 4.98 Å². The molecule has 0 radical (unpaired) electrons. The Labute approximate surface area is 115 Å². The number of thiazole rings is 1. The number of amides is 2. The number of nitrogens with zero attached hydrogens (tertiary/aromatic N) is 1. The lowest BCUT2D eigenvalue weighted by Gasteiger charge is -2.15. The highest BCUT2D eigenvalue weighted by molar-refractivity contribution is 7.14. The van der Waals surface area contributed by atoms with Gasteiger partial charge in [0.1, 0.15) is 5.69 Å². The Morgan fingerprint density at radius 1 is 1.58 bits per heavy atom. The third-order valence-electron chi connectivity index (χ3n) is 2.20. The van der Waals surface area contributed by atoms with Crippen molar-refractivity contribution in [1.82, 2.24) is 10.3 Å². The first-order chi connectivity index (χ1) is 9.06. The molecular weight excluding hydrogens is 270 g/mol. The van der Waals surface area contributed by atoms with Crippen molar-refractivity contribution in [3.8, 4) is 0 Å². The van der Waals surface area contributed by atoms with E-state index in [-0.39, 0.29) is 30.2 Å². The molecule has 1 aromatic heterocycles. The molecular formula is C11H17N3O4S. The molecule has 8 heteroatoms. The molecule has 1 atom stereocenters. The van der Waals surface area contributed by atoms with Gasteiger partial charge in [-0.05, 0) is 6.42 Å². The van der Waals surface area contributed by atoms with Crippen molar-refractivity contribution in [2.24, 2.45) is 0 Å². The van der Waals surface area contributed by atoms with Gasteiger partial charge < -0.3 is 20.5 Å². The summed E-state index contributed by atoms with van der Waals surface area (Å²) < 4.78 is 4.95. The smallest absolute Gasteiger partial charge is 0.271 e. The molecule has 7 nitrogen and oxygen atoms in total. The summed E-state index contributed by atoms with van der Waals surface area (Å²) in [7, 11) is 1.52. The van der Waals surface area contributed by atoms with Crippen molar-refractivity contribution in [2.75, 3.05) is 25.6 Å². The second-order valence-electron chi connectivity index (χ2n) is 3.86. The minimum Gasteiger partial charge on any atom is -0.396 e. The number of anilines is 1. The molecule has 0 spiro atoms. The lowest BCUT2D eigenvalue weighted by atomic mass is 10.2. The van der Waals surface area contributed by atoms with E-state index in [2.05, 4.69) is 15.6 Å². The van der Waals surface area contributed by atoms with Crippen molar-refractivity contribution in [3.63, 3.8) is 0 Å². The van der Waals surface area contributed by atoms with E-state index in [0.29, 0.717) is 18.2 Å². The molecule has 2 amide bonds. The maximum absolute atomic E-state index is 11.9. The number of hydrogen-bond donors (Lipinski definition) is 3. The Bertz CT molecular complexity index is 429. The Hall–Kier alpha value is -1.51. The van der Waals surface area contributed by atoms with Crippen LogP contribution in [0.4, 0.5) is 5.13 Å². The lowest BCUT2D eigenvalue weighted by Crippen LogP contribution is -2.38. The minimum absolute atomic E-state index is 0.0392. The number of carbonyl (C=O) groups is 2. The van der Waals surface area contributed by atoms with E-state index in [1.165, 1.54) is 25.4 Å². The number of ether oxygens (including phenoxy) is 1. The van der Waals surface area contributed by atoms with E-state index in [0.717, 1.165) is 0 Å². The van der Waals surface area contributed by atoms with Crippen LogP contribution in [0.1, 0.15) is 23.8 Å². The molecule has 0 saturated heterocycles. The van der Waals surface area contributed by atoms with Crippen molar-refractivity contribution in [1.29, 1.82) is 0 Å². The number of carbonyl (C=O) groups excluding carboxylic acids is 2. The standard InChI is InChI=1S/C11H17N3O4S/c1-7(16)12-11-14-9(6-19-11)10(17)13-8(3-4-15)5-18-2/h6,8,15H,3-5H2,1-2H3,(H,13,17)(H,12,14,16). The first-order valence-corrected chi connectivity index (χ1v) is 6.58. The summed E-state index contributed by atoms with van der Waals surface area (Å²) in [6.07, 6.45) is 0.405. The van der Waals surface area contributed by atoms with E-state index in [4.69, 9.17) is 9.84 Å². The molecule has 3 N–H and O–H groups in total. The van der Waals surface area contributed by atoms with Gasteiger partial charge in [-0.15, -0.1) is 11.3 Å². The van der Waals surface area contributed by atoms with Gasteiger partial charge in [0.25, 0.3) is 5.91 Å². The predicted molar refractivity (Wildman–Crippen MR) is 71.3 cm³/mol. The monoisotopic (exact) mass is 287 g/mol. The van der Waals surface area contributed by atoms with Crippen molar-refractivity contribution in [2.45, 2.75) is 19.4 Å². The summed E-state index contributed by atoms with van der Waals surface area (Å²) in [5, 5.41) is 16.0. The van der Waals surface area contributed by atoms with Crippen LogP contribution in [0, 0.1) is 0 Å². The summed E-state index contributed by atoms with van der Waals surface area (Å²) in [6.45, 7) is 1.65. The molecule has 1 aromatic rings. The van der Waals surface area contributed by atoms with Crippen LogP contribution in [0.3, 0.4) is 0 Å². The second-order valence-corrected chi connectivity index (χ2v) is 4.72. The molecule has 1 heterocycles. The van der Waals surface area contributed by atoms with Gasteiger partial charge in [-0.2, -0.15) is 0 Å². The number of methoxy groups -OCH3 is 1. The van der Waals surface area contributed by atoms with E-state index in [1.807, 2.05) is 0 Å². The number of hydrogen-bond acceptors (Lipinski definition) is 6. The minimum atomic E-state index is -0.358. The fourth-order valence-corrected chi connectivity index (χ4v) is 2.14. The molecule has 0 aliphatic heterocycles. The normalized spacial score (nSPS) is 11.9. The predicted octanol–water partition coefficient (Wildman–Crippen LogP) is 0.229. The summed E-state index contributed by atoms with van der Waals surface area (Å²) >= 11 is 1.18. The van der Waals surface area contributed by atoms with Crippen LogP contribution in [0.2, 0.25) is 0 Å². The lowest BCUT2D eigenvalue weighted by molar-refractivity contribution is -0.114. The molecule has 1 unspecified atom stereocenters. The van der Waals surface area contributed by atoms with E-state index in [9.17, 15) is 9.59 Å². The van der Waals surface area contributed by atoms with Crippen LogP contribution in [-0.4, -0.2) is 48.3 Å². The highest BCUT2D eigenvalue weighted by Gasteiger charge is 2.16. The van der Waals surface area contributed by atoms with Crippen molar-refractivity contribution in [3.05, 3.63) is 11.1 Å². The number of rotatable bonds is 7. The molecule has 106 valence electrons. The molecule has 0 aromatic carbocycles. The maximum Gasteiger partial charge on any atom is 0.271 e. The van der Waals surface area contributed by atoms with Gasteiger partial charge in [0.05, 0.1) is 12.6 Å². The fraction of sp³-hybridized carbons (Fsp3) is 0.545. The molecule has 0 bridgehead atoms. The van der Waals surface area contributed by atoms with E-state index >= 15 is 0 Å². The number of aromatic nitrogens is 1. The second kappa shape index (κ2) is 7.82. The zero-order chi connectivity index (χ0) is 14.3. The fourth-order valence-electron chi connectivity index (χ4n) is 1.40. The third kappa shape index (κ3) is 5.33. The van der Waals surface area contributed by atoms with Gasteiger partial charge in [0.15, 0.2) is 5.13 Å². The number of aliphatic hydroxyl groups is 1. The van der Waals surface area contributed by atoms with Crippen LogP contribution >= 0.6 is 11.3 Å². The molecule has 19 heavy (non-hydrogen) atoms. The van der Waals surface area contributed by atoms with E-state index in [1.54, 1.807) is 5.38 Å². The Kier molecular flexibility index (Phi) is 6.40. The topological polar surface area (TPSA) is 101 Å². The number of aliphatic hydroxyl groups excluding tert-OH is 1. The summed E-state index contributed by atoms with van der Waals surface area (Å²) in [5.74, 6) is -0.595. The van der Waals surface area contributed by atoms with Crippen LogP contribution in [-0.2, 0) is 9.53 Å². The highest BCUT2D eigenvalue weighted by Crippen LogP contribution is 2.15. The largest absolute Gasteiger partial charge is 0.396 e. The summed E-state index contributed by atoms with van der Waals surface area (Å²) in [5.41, 5.74) is 0.229. The molecule has 0 aliphatic carbocycles. The van der Waals surface area contributed by atoms with Gasteiger partial charge in [-0.1, -0.05) is 0 Å². The zero-order valence-electron chi connectivity index (χ0n) is 10.8. The first-order valence-electron chi connectivity index (χ1n) is 5.70. The van der Waals surface area contributed by atoms with Gasteiger partial charge in [0, 0.05) is 26.0 Å². The van der Waals surface area contributed by atoms with Crippen LogP contribution < -0.4 is 10.6 Å². The first kappa shape index (κ1) is 15.5. The average Bonchev–Trinajstić information content (AvgIpc) is 2.77. The third-order valence-corrected chi connectivity index (χ3v) is 2.96. The highest BCUT2D eigenvalue weighted by atomic mass is 32.1. The van der Waals surface area contributed by atoms with E-state index < -0.39 is 0 Å².